The number of carbonyl (C=O) groups is 3. The molecule has 0 bridgehead atoms. The van der Waals surface area contributed by atoms with Crippen LogP contribution in [0.25, 0.3) is 0 Å². The van der Waals surface area contributed by atoms with Crippen LogP contribution < -0.4 is 0 Å². The molecule has 17 heavy (non-hydrogen) atoms. The lowest BCUT2D eigenvalue weighted by Gasteiger charge is -2.18. The predicted octanol–water partition coefficient (Wildman–Crippen LogP) is 1.65. The van der Waals surface area contributed by atoms with E-state index in [1.54, 1.807) is 24.6 Å². The predicted molar refractivity (Wildman–Crippen MR) is 60.9 cm³/mol. The third-order valence-corrected chi connectivity index (χ3v) is 2.28. The summed E-state index contributed by atoms with van der Waals surface area (Å²) in [5.41, 5.74) is 0. The summed E-state index contributed by atoms with van der Waals surface area (Å²) in [5, 5.41) is 0. The molecular weight excluding hydrogens is 222 g/mol. The fraction of sp³-hybridized carbons (Fsp3) is 0.417. The van der Waals surface area contributed by atoms with Crippen molar-refractivity contribution in [3.8, 4) is 0 Å². The van der Waals surface area contributed by atoms with Gasteiger partial charge in [-0.2, -0.15) is 0 Å². The number of carbonyl (C=O) groups excluding carboxylic acids is 3. The molecule has 0 atom stereocenters. The van der Waals surface area contributed by atoms with Crippen molar-refractivity contribution < 1.29 is 19.1 Å². The molecule has 0 aromatic carbocycles. The largest absolute Gasteiger partial charge is 0.452 e. The van der Waals surface area contributed by atoms with Crippen LogP contribution in [0.15, 0.2) is 24.6 Å². The highest BCUT2D eigenvalue weighted by molar-refractivity contribution is 5.98. The standard InChI is InChI=1S/C12H15NO4/c1-9(14)7-11(15)8-10-3-5-13(6-4-10)12(16)17-2/h3-6,10H,7-8H2,1-2H3. The topological polar surface area (TPSA) is 63.7 Å². The summed E-state index contributed by atoms with van der Waals surface area (Å²) in [6, 6.07) is 0. The summed E-state index contributed by atoms with van der Waals surface area (Å²) in [6.07, 6.45) is 6.34. The molecule has 0 aromatic heterocycles. The first-order valence-electron chi connectivity index (χ1n) is 5.27. The number of rotatable bonds is 4. The zero-order chi connectivity index (χ0) is 12.8. The summed E-state index contributed by atoms with van der Waals surface area (Å²) in [5.74, 6) is -0.291. The molecule has 92 valence electrons. The molecule has 0 saturated heterocycles. The number of amides is 1. The van der Waals surface area contributed by atoms with E-state index in [1.807, 2.05) is 0 Å². The molecule has 1 amide bonds. The second-order valence-corrected chi connectivity index (χ2v) is 3.85. The average Bonchev–Trinajstić information content (AvgIpc) is 2.28. The van der Waals surface area contributed by atoms with E-state index in [-0.39, 0.29) is 30.3 Å². The van der Waals surface area contributed by atoms with Gasteiger partial charge in [0.1, 0.15) is 11.6 Å². The molecule has 1 aliphatic rings. The van der Waals surface area contributed by atoms with E-state index in [4.69, 9.17) is 0 Å². The number of allylic oxidation sites excluding steroid dienone is 2. The summed E-state index contributed by atoms with van der Waals surface area (Å²) in [6.45, 7) is 1.39. The van der Waals surface area contributed by atoms with Crippen molar-refractivity contribution in [2.45, 2.75) is 19.8 Å². The number of methoxy groups -OCH3 is 1. The molecule has 0 N–H and O–H groups in total. The van der Waals surface area contributed by atoms with E-state index in [0.717, 1.165) is 0 Å². The van der Waals surface area contributed by atoms with Crippen LogP contribution in [0.3, 0.4) is 0 Å². The second kappa shape index (κ2) is 5.98. The molecule has 5 heteroatoms. The van der Waals surface area contributed by atoms with Crippen molar-refractivity contribution in [1.82, 2.24) is 4.90 Å². The van der Waals surface area contributed by atoms with Crippen LogP contribution in [0.5, 0.6) is 0 Å². The highest BCUT2D eigenvalue weighted by Gasteiger charge is 2.16. The maximum absolute atomic E-state index is 11.4. The zero-order valence-corrected chi connectivity index (χ0v) is 9.88. The number of nitrogens with zero attached hydrogens (tertiary/aromatic N) is 1. The smallest absolute Gasteiger partial charge is 0.417 e. The molecule has 0 saturated carbocycles. The Balaban J connectivity index is 2.46. The van der Waals surface area contributed by atoms with Gasteiger partial charge in [-0.25, -0.2) is 4.79 Å². The van der Waals surface area contributed by atoms with Crippen molar-refractivity contribution in [2.75, 3.05) is 7.11 Å². The van der Waals surface area contributed by atoms with E-state index in [1.165, 1.54) is 18.9 Å². The maximum Gasteiger partial charge on any atom is 0.417 e. The minimum atomic E-state index is -0.481. The van der Waals surface area contributed by atoms with Crippen LogP contribution in [0, 0.1) is 5.92 Å². The van der Waals surface area contributed by atoms with Crippen molar-refractivity contribution in [3.05, 3.63) is 24.6 Å². The minimum Gasteiger partial charge on any atom is -0.452 e. The first kappa shape index (κ1) is 13.2. The molecule has 0 spiro atoms. The van der Waals surface area contributed by atoms with Crippen LogP contribution in [-0.4, -0.2) is 29.7 Å². The molecule has 1 heterocycles. The molecule has 0 aromatic rings. The number of ether oxygens (including phenoxy) is 1. The quantitative estimate of drug-likeness (QED) is 0.697. The number of ketones is 2. The summed E-state index contributed by atoms with van der Waals surface area (Å²) < 4.78 is 4.53. The highest BCUT2D eigenvalue weighted by Crippen LogP contribution is 2.15. The minimum absolute atomic E-state index is 0.0289. The van der Waals surface area contributed by atoms with Crippen LogP contribution in [0.1, 0.15) is 19.8 Å². The Morgan fingerprint density at radius 3 is 2.29 bits per heavy atom. The molecular formula is C12H15NO4. The monoisotopic (exact) mass is 237 g/mol. The lowest BCUT2D eigenvalue weighted by atomic mass is 9.98. The van der Waals surface area contributed by atoms with Crippen molar-refractivity contribution >= 4 is 17.7 Å². The van der Waals surface area contributed by atoms with Crippen LogP contribution in [-0.2, 0) is 14.3 Å². The van der Waals surface area contributed by atoms with Crippen LogP contribution in [0.2, 0.25) is 0 Å². The van der Waals surface area contributed by atoms with Gasteiger partial charge in [0.15, 0.2) is 0 Å². The molecule has 1 aliphatic heterocycles. The molecule has 5 nitrogen and oxygen atoms in total. The Kier molecular flexibility index (Phi) is 4.63. The van der Waals surface area contributed by atoms with Gasteiger partial charge in [-0.15, -0.1) is 0 Å². The van der Waals surface area contributed by atoms with Crippen LogP contribution >= 0.6 is 0 Å². The van der Waals surface area contributed by atoms with Crippen LogP contribution in [0.4, 0.5) is 4.79 Å². The van der Waals surface area contributed by atoms with Gasteiger partial charge < -0.3 is 4.74 Å². The Bertz CT molecular complexity index is 370. The van der Waals surface area contributed by atoms with Crippen molar-refractivity contribution in [3.63, 3.8) is 0 Å². The molecule has 1 rings (SSSR count). The first-order chi connectivity index (χ1) is 8.02. The van der Waals surface area contributed by atoms with Crippen molar-refractivity contribution in [1.29, 1.82) is 0 Å². The highest BCUT2D eigenvalue weighted by atomic mass is 16.5. The Labute approximate surface area is 99.7 Å². The number of hydrogen-bond acceptors (Lipinski definition) is 4. The Hall–Kier alpha value is -1.91. The van der Waals surface area contributed by atoms with E-state index in [2.05, 4.69) is 4.74 Å². The van der Waals surface area contributed by atoms with Gasteiger partial charge in [0, 0.05) is 24.7 Å². The van der Waals surface area contributed by atoms with E-state index >= 15 is 0 Å². The van der Waals surface area contributed by atoms with Gasteiger partial charge >= 0.3 is 6.09 Å². The fourth-order valence-electron chi connectivity index (χ4n) is 1.50. The van der Waals surface area contributed by atoms with Gasteiger partial charge in [-0.3, -0.25) is 14.5 Å². The molecule has 0 unspecified atom stereocenters. The lowest BCUT2D eigenvalue weighted by Crippen LogP contribution is -2.22. The summed E-state index contributed by atoms with van der Waals surface area (Å²) >= 11 is 0. The van der Waals surface area contributed by atoms with Gasteiger partial charge in [-0.05, 0) is 6.92 Å². The summed E-state index contributed by atoms with van der Waals surface area (Å²) in [4.78, 5) is 34.6. The summed E-state index contributed by atoms with van der Waals surface area (Å²) in [7, 11) is 1.30. The normalized spacial score (nSPS) is 14.8. The molecule has 0 fully saturated rings. The van der Waals surface area contributed by atoms with Gasteiger partial charge in [0.25, 0.3) is 0 Å². The fourth-order valence-corrected chi connectivity index (χ4v) is 1.50. The molecule has 0 aliphatic carbocycles. The van der Waals surface area contributed by atoms with Crippen molar-refractivity contribution in [2.24, 2.45) is 5.92 Å². The molecule has 0 radical (unpaired) electrons. The number of Topliss-reactive ketones (excluding diaryl/α,β-unsaturated/α-hetero) is 2. The van der Waals surface area contributed by atoms with E-state index in [9.17, 15) is 14.4 Å². The average molecular weight is 237 g/mol. The zero-order valence-electron chi connectivity index (χ0n) is 9.88. The van der Waals surface area contributed by atoms with Gasteiger partial charge in [0.2, 0.25) is 0 Å². The Morgan fingerprint density at radius 1 is 1.24 bits per heavy atom. The first-order valence-corrected chi connectivity index (χ1v) is 5.27. The third kappa shape index (κ3) is 4.22. The second-order valence-electron chi connectivity index (χ2n) is 3.85. The van der Waals surface area contributed by atoms with Gasteiger partial charge in [-0.1, -0.05) is 12.2 Å². The SMILES string of the molecule is COC(=O)N1C=CC(CC(=O)CC(C)=O)C=C1. The number of hydrogen-bond donors (Lipinski definition) is 0. The van der Waals surface area contributed by atoms with E-state index in [0.29, 0.717) is 0 Å². The van der Waals surface area contributed by atoms with E-state index < -0.39 is 6.09 Å². The third-order valence-electron chi connectivity index (χ3n) is 2.28. The maximum atomic E-state index is 11.4. The van der Waals surface area contributed by atoms with Gasteiger partial charge in [0.05, 0.1) is 13.5 Å². The Morgan fingerprint density at radius 2 is 1.82 bits per heavy atom. The lowest BCUT2D eigenvalue weighted by molar-refractivity contribution is -0.126.